The fourth-order valence-corrected chi connectivity index (χ4v) is 9.72. The Morgan fingerprint density at radius 2 is 1.93 bits per heavy atom. The second-order valence-electron chi connectivity index (χ2n) is 16.6. The van der Waals surface area contributed by atoms with E-state index in [1.807, 2.05) is 49.9 Å². The molecule has 4 fully saturated rings. The molecule has 55 heavy (non-hydrogen) atoms. The van der Waals surface area contributed by atoms with Crippen LogP contribution in [0, 0.1) is 5.82 Å². The molecular formula is C41H48F2N6O6. The molecule has 0 unspecified atom stereocenters. The summed E-state index contributed by atoms with van der Waals surface area (Å²) in [6, 6.07) is 8.94. The lowest BCUT2D eigenvalue weighted by atomic mass is 9.94. The van der Waals surface area contributed by atoms with E-state index in [0.29, 0.717) is 48.4 Å². The van der Waals surface area contributed by atoms with Crippen molar-refractivity contribution in [2.45, 2.75) is 102 Å². The monoisotopic (exact) mass is 758 g/mol. The molecule has 0 spiro atoms. The van der Waals surface area contributed by atoms with Gasteiger partial charge in [0.05, 0.1) is 23.7 Å². The van der Waals surface area contributed by atoms with Gasteiger partial charge in [-0.05, 0) is 87.9 Å². The number of pyridine rings is 1. The first-order chi connectivity index (χ1) is 26.5. The van der Waals surface area contributed by atoms with Gasteiger partial charge in [-0.1, -0.05) is 25.1 Å². The Bertz CT molecular complexity index is 2170. The van der Waals surface area contributed by atoms with Crippen molar-refractivity contribution >= 4 is 33.6 Å². The molecule has 0 aliphatic carbocycles. The topological polar surface area (TPSA) is 112 Å². The zero-order valence-corrected chi connectivity index (χ0v) is 32.1. The van der Waals surface area contributed by atoms with Gasteiger partial charge in [-0.3, -0.25) is 9.80 Å². The van der Waals surface area contributed by atoms with Gasteiger partial charge in [-0.2, -0.15) is 9.97 Å². The van der Waals surface area contributed by atoms with Crippen molar-refractivity contribution in [2.75, 3.05) is 51.7 Å². The number of alkyl halides is 1. The number of anilines is 1. The first-order valence-electron chi connectivity index (χ1n) is 19.5. The average Bonchev–Trinajstić information content (AvgIpc) is 3.76. The summed E-state index contributed by atoms with van der Waals surface area (Å²) in [4.78, 5) is 34.4. The number of hydrogen-bond acceptors (Lipinski definition) is 11. The van der Waals surface area contributed by atoms with Crippen LogP contribution in [0.15, 0.2) is 30.3 Å². The van der Waals surface area contributed by atoms with Gasteiger partial charge < -0.3 is 28.6 Å². The van der Waals surface area contributed by atoms with Gasteiger partial charge in [0.2, 0.25) is 5.88 Å². The predicted octanol–water partition coefficient (Wildman–Crippen LogP) is 6.83. The third kappa shape index (κ3) is 6.16. The summed E-state index contributed by atoms with van der Waals surface area (Å²) in [7, 11) is 1.54. The van der Waals surface area contributed by atoms with Crippen LogP contribution in [0.25, 0.3) is 32.9 Å². The fraction of sp³-hybridized carbons (Fsp3) is 0.561. The van der Waals surface area contributed by atoms with Gasteiger partial charge in [0.1, 0.15) is 53.2 Å². The van der Waals surface area contributed by atoms with Crippen molar-refractivity contribution < 1.29 is 37.3 Å². The molecule has 2 aromatic carbocycles. The maximum absolute atomic E-state index is 17.6. The fourth-order valence-electron chi connectivity index (χ4n) is 9.72. The van der Waals surface area contributed by atoms with Crippen LogP contribution in [0.4, 0.5) is 19.4 Å². The lowest BCUT2D eigenvalue weighted by Crippen LogP contribution is -2.63. The van der Waals surface area contributed by atoms with Crippen molar-refractivity contribution in [3.8, 4) is 28.9 Å². The SMILES string of the molecule is CCc1cccc2cc(OCOC)cc(-c3nc4c5c(nc(OC[C@]67CCCN6C[C@@H](F)C7)nc5c3F)N3C[C@H]5CC[C@@H]([C@H]3CO4)N5C(=O)OC(C)(C)C)c12. The molecule has 5 aliphatic rings. The number of halogens is 2. The summed E-state index contributed by atoms with van der Waals surface area (Å²) in [5.74, 6) is 0.495. The number of carbonyl (C=O) groups is 1. The van der Waals surface area contributed by atoms with E-state index in [0.717, 1.165) is 48.6 Å². The number of piperazine rings is 1. The first kappa shape index (κ1) is 36.1. The van der Waals surface area contributed by atoms with E-state index in [2.05, 4.69) is 16.7 Å². The largest absolute Gasteiger partial charge is 0.475 e. The molecule has 2 bridgehead atoms. The maximum Gasteiger partial charge on any atom is 0.410 e. The van der Waals surface area contributed by atoms with E-state index in [9.17, 15) is 9.18 Å². The third-order valence-electron chi connectivity index (χ3n) is 12.0. The Morgan fingerprint density at radius 3 is 2.73 bits per heavy atom. The third-order valence-corrected chi connectivity index (χ3v) is 12.0. The number of ether oxygens (including phenoxy) is 5. The van der Waals surface area contributed by atoms with Crippen molar-refractivity contribution in [2.24, 2.45) is 0 Å². The zero-order valence-electron chi connectivity index (χ0n) is 32.1. The van der Waals surface area contributed by atoms with Crippen LogP contribution in [-0.4, -0.2) is 113 Å². The highest BCUT2D eigenvalue weighted by molar-refractivity contribution is 6.03. The first-order valence-corrected chi connectivity index (χ1v) is 19.5. The van der Waals surface area contributed by atoms with Crippen LogP contribution in [0.3, 0.4) is 0 Å². The van der Waals surface area contributed by atoms with E-state index < -0.39 is 23.1 Å². The minimum Gasteiger partial charge on any atom is -0.475 e. The molecule has 0 radical (unpaired) electrons. The van der Waals surface area contributed by atoms with Crippen molar-refractivity contribution in [1.29, 1.82) is 0 Å². The minimum atomic E-state index is -0.930. The zero-order chi connectivity index (χ0) is 38.2. The number of aryl methyl sites for hydroxylation is 1. The molecule has 292 valence electrons. The molecule has 0 saturated carbocycles. The minimum absolute atomic E-state index is 0.00638. The lowest BCUT2D eigenvalue weighted by molar-refractivity contribution is 0.00537. The van der Waals surface area contributed by atoms with E-state index in [1.54, 1.807) is 13.2 Å². The van der Waals surface area contributed by atoms with Gasteiger partial charge in [0, 0.05) is 32.2 Å². The highest BCUT2D eigenvalue weighted by Gasteiger charge is 2.52. The second kappa shape index (κ2) is 13.6. The van der Waals surface area contributed by atoms with Gasteiger partial charge in [-0.15, -0.1) is 0 Å². The van der Waals surface area contributed by atoms with Gasteiger partial charge in [-0.25, -0.2) is 18.6 Å². The molecule has 9 rings (SSSR count). The molecule has 7 heterocycles. The molecule has 4 saturated heterocycles. The number of benzene rings is 2. The quantitative estimate of drug-likeness (QED) is 0.176. The number of amides is 1. The van der Waals surface area contributed by atoms with E-state index in [4.69, 9.17) is 38.6 Å². The van der Waals surface area contributed by atoms with Crippen LogP contribution >= 0.6 is 0 Å². The van der Waals surface area contributed by atoms with Crippen LogP contribution in [-0.2, 0) is 15.9 Å². The number of carbonyl (C=O) groups excluding carboxylic acids is 1. The highest BCUT2D eigenvalue weighted by atomic mass is 19.1. The summed E-state index contributed by atoms with van der Waals surface area (Å²) < 4.78 is 62.3. The van der Waals surface area contributed by atoms with Gasteiger partial charge in [0.15, 0.2) is 12.6 Å². The van der Waals surface area contributed by atoms with Crippen LogP contribution < -0.4 is 19.1 Å². The van der Waals surface area contributed by atoms with E-state index in [-0.39, 0.29) is 67.3 Å². The Labute approximate surface area is 319 Å². The number of nitrogens with zero attached hydrogens (tertiary/aromatic N) is 6. The molecule has 12 nitrogen and oxygen atoms in total. The molecule has 5 aliphatic heterocycles. The number of aromatic nitrogens is 3. The predicted molar refractivity (Wildman–Crippen MR) is 202 cm³/mol. The molecular weight excluding hydrogens is 710 g/mol. The molecule has 2 aromatic heterocycles. The molecule has 14 heteroatoms. The summed E-state index contributed by atoms with van der Waals surface area (Å²) in [5.41, 5.74) is 0.506. The Morgan fingerprint density at radius 1 is 1.07 bits per heavy atom. The second-order valence-corrected chi connectivity index (χ2v) is 16.6. The van der Waals surface area contributed by atoms with Crippen molar-refractivity contribution in [1.82, 2.24) is 24.8 Å². The van der Waals surface area contributed by atoms with Crippen molar-refractivity contribution in [3.05, 3.63) is 41.7 Å². The molecule has 1 amide bonds. The van der Waals surface area contributed by atoms with Gasteiger partial charge in [0.25, 0.3) is 0 Å². The summed E-state index contributed by atoms with van der Waals surface area (Å²) in [5, 5.41) is 2.05. The van der Waals surface area contributed by atoms with E-state index >= 15 is 4.39 Å². The Balaban J connectivity index is 1.20. The molecule has 5 atom stereocenters. The Kier molecular flexibility index (Phi) is 8.91. The van der Waals surface area contributed by atoms with Crippen LogP contribution in [0.1, 0.15) is 65.4 Å². The summed E-state index contributed by atoms with van der Waals surface area (Å²) >= 11 is 0. The number of methoxy groups -OCH3 is 1. The summed E-state index contributed by atoms with van der Waals surface area (Å²) in [6.45, 7) is 9.64. The normalized spacial score (nSPS) is 25.9. The van der Waals surface area contributed by atoms with Crippen LogP contribution in [0.2, 0.25) is 0 Å². The number of hydrogen-bond donors (Lipinski definition) is 0. The van der Waals surface area contributed by atoms with Crippen LogP contribution in [0.5, 0.6) is 17.6 Å². The number of rotatable bonds is 8. The van der Waals surface area contributed by atoms with Crippen molar-refractivity contribution in [3.63, 3.8) is 0 Å². The Hall–Kier alpha value is -4.56. The summed E-state index contributed by atoms with van der Waals surface area (Å²) in [6.07, 6.45) is 3.08. The average molecular weight is 759 g/mol. The molecule has 4 aromatic rings. The smallest absolute Gasteiger partial charge is 0.410 e. The van der Waals surface area contributed by atoms with Gasteiger partial charge >= 0.3 is 12.1 Å². The maximum atomic E-state index is 17.6. The number of fused-ring (bicyclic) bond motifs is 7. The lowest BCUT2D eigenvalue weighted by Gasteiger charge is -2.46. The molecule has 0 N–H and O–H groups in total. The highest BCUT2D eigenvalue weighted by Crippen LogP contribution is 2.47. The standard InChI is InChI=1S/C41H48F2N6O6/c1-6-23-9-7-10-24-15-27(54-22-51-5)16-28(31(23)24)34-33(43)35-32-36(46-38(45-35)53-21-41-13-8-14-47(41)18-25(42)17-41)48-19-26-11-12-29(30(48)20-52-37(32)44-34)49(26)39(50)55-40(2,3)4/h7,9-10,15-16,25-26,29-30H,6,8,11-14,17-22H2,1-5H3/t25-,26+,29-,30+,41+/m0/s1. The van der Waals surface area contributed by atoms with E-state index in [1.165, 1.54) is 0 Å².